The van der Waals surface area contributed by atoms with E-state index in [9.17, 15) is 0 Å². The summed E-state index contributed by atoms with van der Waals surface area (Å²) >= 11 is 0. The number of fused-ring (bicyclic) bond motifs is 6. The number of hydrogen-bond donors (Lipinski definition) is 0. The molecule has 8 aromatic rings. The quantitative estimate of drug-likeness (QED) is 0.183. The second-order valence-electron chi connectivity index (χ2n) is 14.4. The molecule has 4 nitrogen and oxygen atoms in total. The molecular weight excluding hydrogens is 633 g/mol. The van der Waals surface area contributed by atoms with Crippen LogP contribution in [-0.4, -0.2) is 19.5 Å². The lowest BCUT2D eigenvalue weighted by molar-refractivity contribution is 0.661. The van der Waals surface area contributed by atoms with Crippen molar-refractivity contribution in [2.45, 2.75) is 32.1 Å². The van der Waals surface area contributed by atoms with Crippen LogP contribution in [0.2, 0.25) is 0 Å². The first-order chi connectivity index (χ1) is 25.5. The summed E-state index contributed by atoms with van der Waals surface area (Å²) < 4.78 is 2.43. The zero-order chi connectivity index (χ0) is 34.8. The van der Waals surface area contributed by atoms with E-state index < -0.39 is 0 Å². The Bertz CT molecular complexity index is 2750. The van der Waals surface area contributed by atoms with Crippen molar-refractivity contribution in [2.75, 3.05) is 0 Å². The molecule has 0 N–H and O–H groups in total. The second kappa shape index (κ2) is 11.9. The Morgan fingerprint density at radius 3 is 1.98 bits per heavy atom. The molecule has 2 heterocycles. The second-order valence-corrected chi connectivity index (χ2v) is 14.4. The van der Waals surface area contributed by atoms with Gasteiger partial charge >= 0.3 is 0 Å². The fourth-order valence-corrected chi connectivity index (χ4v) is 8.21. The van der Waals surface area contributed by atoms with Gasteiger partial charge in [0.1, 0.15) is 0 Å². The normalized spacial score (nSPS) is 14.4. The minimum absolute atomic E-state index is 0.0890. The lowest BCUT2D eigenvalue weighted by Crippen LogP contribution is -2.14. The molecule has 2 aliphatic rings. The van der Waals surface area contributed by atoms with Gasteiger partial charge in [0.15, 0.2) is 17.5 Å². The van der Waals surface area contributed by atoms with Gasteiger partial charge in [-0.1, -0.05) is 141 Å². The van der Waals surface area contributed by atoms with Crippen LogP contribution in [0, 0.1) is 0 Å². The summed E-state index contributed by atoms with van der Waals surface area (Å²) in [5.74, 6) is 2.03. The van der Waals surface area contributed by atoms with Crippen LogP contribution in [0.3, 0.4) is 0 Å². The van der Waals surface area contributed by atoms with Crippen molar-refractivity contribution in [3.63, 3.8) is 0 Å². The third-order valence-corrected chi connectivity index (χ3v) is 10.9. The zero-order valence-corrected chi connectivity index (χ0v) is 29.2. The molecule has 0 saturated heterocycles. The summed E-state index contributed by atoms with van der Waals surface area (Å²) in [6, 6.07) is 50.2. The number of nitrogens with zero attached hydrogens (tertiary/aromatic N) is 4. The maximum atomic E-state index is 5.09. The average Bonchev–Trinajstić information content (AvgIpc) is 3.65. The van der Waals surface area contributed by atoms with E-state index in [0.29, 0.717) is 17.5 Å². The molecule has 0 bridgehead atoms. The number of allylic oxidation sites excluding steroid dienone is 4. The van der Waals surface area contributed by atoms with Crippen LogP contribution in [-0.2, 0) is 5.41 Å². The smallest absolute Gasteiger partial charge is 0.164 e. The highest BCUT2D eigenvalue weighted by molar-refractivity contribution is 6.12. The predicted molar refractivity (Wildman–Crippen MR) is 214 cm³/mol. The van der Waals surface area contributed by atoms with E-state index >= 15 is 0 Å². The number of hydrogen-bond acceptors (Lipinski definition) is 3. The summed E-state index contributed by atoms with van der Waals surface area (Å²) in [5.41, 5.74) is 14.0. The molecule has 52 heavy (non-hydrogen) atoms. The van der Waals surface area contributed by atoms with Crippen LogP contribution in [0.1, 0.15) is 43.6 Å². The van der Waals surface area contributed by atoms with E-state index in [2.05, 4.69) is 158 Å². The number of rotatable bonds is 5. The molecule has 2 aliphatic carbocycles. The van der Waals surface area contributed by atoms with Crippen LogP contribution >= 0.6 is 0 Å². The molecule has 4 heteroatoms. The van der Waals surface area contributed by atoms with E-state index in [1.165, 1.54) is 55.2 Å². The minimum atomic E-state index is -0.0890. The van der Waals surface area contributed by atoms with Gasteiger partial charge in [-0.25, -0.2) is 15.0 Å². The molecule has 0 spiro atoms. The Balaban J connectivity index is 1.22. The highest BCUT2D eigenvalue weighted by Crippen LogP contribution is 2.51. The molecule has 0 unspecified atom stereocenters. The molecule has 0 atom stereocenters. The highest BCUT2D eigenvalue weighted by Gasteiger charge is 2.36. The maximum Gasteiger partial charge on any atom is 0.164 e. The van der Waals surface area contributed by atoms with Crippen molar-refractivity contribution in [3.05, 3.63) is 175 Å². The highest BCUT2D eigenvalue weighted by atomic mass is 15.0. The average molecular weight is 669 g/mol. The fourth-order valence-electron chi connectivity index (χ4n) is 8.21. The molecule has 0 radical (unpaired) electrons. The van der Waals surface area contributed by atoms with Crippen molar-refractivity contribution in [3.8, 4) is 50.7 Å². The van der Waals surface area contributed by atoms with Crippen LogP contribution in [0.15, 0.2) is 158 Å². The first kappa shape index (κ1) is 30.4. The third-order valence-electron chi connectivity index (χ3n) is 10.9. The Kier molecular flexibility index (Phi) is 6.94. The van der Waals surface area contributed by atoms with Gasteiger partial charge in [0.2, 0.25) is 0 Å². The van der Waals surface area contributed by atoms with Gasteiger partial charge in [-0.2, -0.15) is 0 Å². The Morgan fingerprint density at radius 1 is 0.500 bits per heavy atom. The lowest BCUT2D eigenvalue weighted by atomic mass is 9.82. The van der Waals surface area contributed by atoms with E-state index in [1.54, 1.807) is 0 Å². The molecule has 0 saturated carbocycles. The summed E-state index contributed by atoms with van der Waals surface area (Å²) in [4.78, 5) is 15.1. The molecule has 0 fully saturated rings. The van der Waals surface area contributed by atoms with Gasteiger partial charge in [-0.15, -0.1) is 0 Å². The van der Waals surface area contributed by atoms with Crippen molar-refractivity contribution in [1.29, 1.82) is 0 Å². The molecule has 0 aliphatic heterocycles. The molecule has 6 aromatic carbocycles. The first-order valence-electron chi connectivity index (χ1n) is 18.1. The van der Waals surface area contributed by atoms with Crippen molar-refractivity contribution in [2.24, 2.45) is 0 Å². The fraction of sp³-hybridized carbons (Fsp3) is 0.104. The number of aromatic nitrogens is 4. The van der Waals surface area contributed by atoms with E-state index in [4.69, 9.17) is 15.0 Å². The lowest BCUT2D eigenvalue weighted by Gasteiger charge is -2.21. The van der Waals surface area contributed by atoms with Crippen molar-refractivity contribution < 1.29 is 0 Å². The molecule has 0 amide bonds. The molecule has 248 valence electrons. The largest absolute Gasteiger partial charge is 0.309 e. The summed E-state index contributed by atoms with van der Waals surface area (Å²) in [6.45, 7) is 4.71. The molecular formula is C48H36N4. The Morgan fingerprint density at radius 2 is 1.19 bits per heavy atom. The van der Waals surface area contributed by atoms with E-state index in [0.717, 1.165) is 35.2 Å². The van der Waals surface area contributed by atoms with E-state index in [-0.39, 0.29) is 5.41 Å². The molecule has 10 rings (SSSR count). The van der Waals surface area contributed by atoms with E-state index in [1.807, 2.05) is 18.2 Å². The molecule has 2 aromatic heterocycles. The SMILES string of the molecule is CC1(C)c2ccccc2-c2cc3c(cc21)c1ccc(-c2ccccc2)cc1n3-c1cccc(-c2nc(C3=CCCC=C3)nc(-c3ccccc3)n2)c1. The first-order valence-corrected chi connectivity index (χ1v) is 18.1. The Hall–Kier alpha value is -6.39. The summed E-state index contributed by atoms with van der Waals surface area (Å²) in [6.07, 6.45) is 8.57. The van der Waals surface area contributed by atoms with Crippen LogP contribution < -0.4 is 0 Å². The van der Waals surface area contributed by atoms with Gasteiger partial charge in [0.25, 0.3) is 0 Å². The topological polar surface area (TPSA) is 43.6 Å². The van der Waals surface area contributed by atoms with Crippen LogP contribution in [0.4, 0.5) is 0 Å². The van der Waals surface area contributed by atoms with Gasteiger partial charge in [0.05, 0.1) is 11.0 Å². The van der Waals surface area contributed by atoms with Crippen LogP contribution in [0.25, 0.3) is 78.1 Å². The maximum absolute atomic E-state index is 5.09. The van der Waals surface area contributed by atoms with Crippen molar-refractivity contribution >= 4 is 27.4 Å². The van der Waals surface area contributed by atoms with Gasteiger partial charge in [0, 0.05) is 38.6 Å². The summed E-state index contributed by atoms with van der Waals surface area (Å²) in [7, 11) is 0. The van der Waals surface area contributed by atoms with Crippen LogP contribution in [0.5, 0.6) is 0 Å². The Labute approximate surface area is 303 Å². The monoisotopic (exact) mass is 668 g/mol. The minimum Gasteiger partial charge on any atom is -0.309 e. The van der Waals surface area contributed by atoms with Gasteiger partial charge in [-0.05, 0) is 76.6 Å². The predicted octanol–water partition coefficient (Wildman–Crippen LogP) is 12.0. The zero-order valence-electron chi connectivity index (χ0n) is 29.2. The third kappa shape index (κ3) is 4.86. The van der Waals surface area contributed by atoms with Crippen molar-refractivity contribution in [1.82, 2.24) is 19.5 Å². The standard InChI is InChI=1S/C48H36N4/c1-48(2)41-24-13-12-23-37(41)39-30-44-40(29-42(39)48)38-26-25-34(31-15-6-3-7-16-31)28-43(38)52(44)36-22-14-21-35(27-36)47-50-45(32-17-8-4-9-18-32)49-46(51-47)33-19-10-5-11-20-33/h3-4,6-10,12-30H,5,11H2,1-2H3. The summed E-state index contributed by atoms with van der Waals surface area (Å²) in [5, 5.41) is 2.49. The van der Waals surface area contributed by atoms with Gasteiger partial charge in [-0.3, -0.25) is 0 Å². The van der Waals surface area contributed by atoms with Gasteiger partial charge < -0.3 is 4.57 Å². The number of benzene rings is 6.